The van der Waals surface area contributed by atoms with E-state index >= 15 is 0 Å². The van der Waals surface area contributed by atoms with Gasteiger partial charge in [-0.25, -0.2) is 4.98 Å². The van der Waals surface area contributed by atoms with Crippen LogP contribution in [0.1, 0.15) is 22.6 Å². The Kier molecular flexibility index (Phi) is 5.78. The number of hydrogen-bond acceptors (Lipinski definition) is 5. The number of methoxy groups -OCH3 is 1. The lowest BCUT2D eigenvalue weighted by molar-refractivity contribution is 0.270. The molecular weight excluding hydrogens is 443 g/mol. The van der Waals surface area contributed by atoms with Crippen LogP contribution in [0.15, 0.2) is 46.9 Å². The molecule has 3 rings (SSSR count). The van der Waals surface area contributed by atoms with Crippen molar-refractivity contribution in [3.8, 4) is 29.0 Å². The first-order valence-electron chi connectivity index (χ1n) is 7.97. The summed E-state index contributed by atoms with van der Waals surface area (Å²) >= 11 is 2.26. The van der Waals surface area contributed by atoms with Crippen molar-refractivity contribution >= 4 is 22.6 Å². The average molecular weight is 460 g/mol. The Balaban J connectivity index is 1.78. The standard InChI is InChI=1S/C20H17IN2O3/c1-13-9-17(8-5-15(13)11-22)25-12-19-18(10-21)23-20(26-19)14-3-6-16(24-2)7-4-14/h3-9H,10,12H2,1-2H3. The second kappa shape index (κ2) is 8.23. The van der Waals surface area contributed by atoms with Crippen LogP contribution in [0.25, 0.3) is 11.5 Å². The van der Waals surface area contributed by atoms with Crippen LogP contribution in [0.3, 0.4) is 0 Å². The molecule has 5 nitrogen and oxygen atoms in total. The summed E-state index contributed by atoms with van der Waals surface area (Å²) in [6.45, 7) is 2.17. The molecule has 6 heteroatoms. The molecule has 0 aliphatic rings. The number of nitrogens with zero attached hydrogens (tertiary/aromatic N) is 2. The number of halogens is 1. The van der Waals surface area contributed by atoms with Gasteiger partial charge in [-0.2, -0.15) is 5.26 Å². The zero-order valence-corrected chi connectivity index (χ0v) is 16.6. The molecule has 1 aromatic heterocycles. The smallest absolute Gasteiger partial charge is 0.226 e. The van der Waals surface area contributed by atoms with E-state index in [9.17, 15) is 0 Å². The van der Waals surface area contributed by atoms with Gasteiger partial charge < -0.3 is 13.9 Å². The number of aryl methyl sites for hydroxylation is 1. The van der Waals surface area contributed by atoms with Crippen LogP contribution < -0.4 is 9.47 Å². The third-order valence-corrected chi connectivity index (χ3v) is 4.65. The Bertz CT molecular complexity index is 943. The van der Waals surface area contributed by atoms with E-state index in [0.29, 0.717) is 23.0 Å². The molecule has 0 saturated heterocycles. The number of benzene rings is 2. The normalized spacial score (nSPS) is 10.4. The maximum Gasteiger partial charge on any atom is 0.226 e. The van der Waals surface area contributed by atoms with Gasteiger partial charge in [0.25, 0.3) is 0 Å². The van der Waals surface area contributed by atoms with Crippen molar-refractivity contribution in [3.05, 3.63) is 65.0 Å². The number of rotatable bonds is 6. The fraction of sp³-hybridized carbons (Fsp3) is 0.200. The number of aromatic nitrogens is 1. The zero-order chi connectivity index (χ0) is 18.5. The van der Waals surface area contributed by atoms with E-state index in [1.165, 1.54) is 0 Å². The summed E-state index contributed by atoms with van der Waals surface area (Å²) in [4.78, 5) is 4.57. The molecule has 0 aliphatic carbocycles. The van der Waals surface area contributed by atoms with E-state index in [4.69, 9.17) is 19.2 Å². The quantitative estimate of drug-likeness (QED) is 0.381. The molecule has 0 amide bonds. The third kappa shape index (κ3) is 3.99. The van der Waals surface area contributed by atoms with Gasteiger partial charge in [-0.05, 0) is 55.0 Å². The van der Waals surface area contributed by atoms with E-state index in [2.05, 4.69) is 33.6 Å². The van der Waals surface area contributed by atoms with Gasteiger partial charge in [0.2, 0.25) is 5.89 Å². The number of alkyl halides is 1. The van der Waals surface area contributed by atoms with Crippen LogP contribution in [0.4, 0.5) is 0 Å². The predicted octanol–water partition coefficient (Wildman–Crippen LogP) is 5.04. The summed E-state index contributed by atoms with van der Waals surface area (Å²) in [5.41, 5.74) is 3.28. The molecule has 0 radical (unpaired) electrons. The van der Waals surface area contributed by atoms with Crippen molar-refractivity contribution in [1.82, 2.24) is 4.98 Å². The minimum Gasteiger partial charge on any atom is -0.497 e. The third-order valence-electron chi connectivity index (χ3n) is 3.93. The molecular formula is C20H17IN2O3. The number of hydrogen-bond donors (Lipinski definition) is 0. The van der Waals surface area contributed by atoms with Crippen molar-refractivity contribution in [2.75, 3.05) is 7.11 Å². The maximum absolute atomic E-state index is 9.01. The molecule has 0 atom stereocenters. The van der Waals surface area contributed by atoms with Gasteiger partial charge in [0.05, 0.1) is 24.4 Å². The highest BCUT2D eigenvalue weighted by atomic mass is 127. The van der Waals surface area contributed by atoms with Crippen molar-refractivity contribution < 1.29 is 13.9 Å². The highest BCUT2D eigenvalue weighted by Gasteiger charge is 2.15. The van der Waals surface area contributed by atoms with Gasteiger partial charge in [0.15, 0.2) is 5.76 Å². The van der Waals surface area contributed by atoms with Crippen LogP contribution in [0, 0.1) is 18.3 Å². The minimum atomic E-state index is 0.285. The molecule has 0 unspecified atom stereocenters. The molecule has 2 aromatic carbocycles. The maximum atomic E-state index is 9.01. The monoisotopic (exact) mass is 460 g/mol. The van der Waals surface area contributed by atoms with E-state index in [0.717, 1.165) is 27.0 Å². The van der Waals surface area contributed by atoms with E-state index in [1.54, 1.807) is 19.2 Å². The first-order valence-corrected chi connectivity index (χ1v) is 9.49. The fourth-order valence-electron chi connectivity index (χ4n) is 2.46. The first kappa shape index (κ1) is 18.3. The van der Waals surface area contributed by atoms with E-state index < -0.39 is 0 Å². The number of nitriles is 1. The van der Waals surface area contributed by atoms with Crippen LogP contribution in [0.5, 0.6) is 11.5 Å². The highest BCUT2D eigenvalue weighted by molar-refractivity contribution is 14.1. The largest absolute Gasteiger partial charge is 0.497 e. The van der Waals surface area contributed by atoms with E-state index in [1.807, 2.05) is 37.3 Å². The van der Waals surface area contributed by atoms with Gasteiger partial charge >= 0.3 is 0 Å². The van der Waals surface area contributed by atoms with Crippen LogP contribution in [0.2, 0.25) is 0 Å². The van der Waals surface area contributed by atoms with Crippen molar-refractivity contribution in [2.45, 2.75) is 18.0 Å². The Hall–Kier alpha value is -2.53. The zero-order valence-electron chi connectivity index (χ0n) is 14.5. The van der Waals surface area contributed by atoms with Gasteiger partial charge in [-0.1, -0.05) is 22.6 Å². The van der Waals surface area contributed by atoms with Crippen molar-refractivity contribution in [1.29, 1.82) is 5.26 Å². The molecule has 1 heterocycles. The molecule has 0 spiro atoms. The lowest BCUT2D eigenvalue weighted by Gasteiger charge is -2.06. The van der Waals surface area contributed by atoms with Gasteiger partial charge in [-0.3, -0.25) is 0 Å². The summed E-state index contributed by atoms with van der Waals surface area (Å²) < 4.78 is 17.7. The molecule has 0 saturated carbocycles. The SMILES string of the molecule is COc1ccc(-c2nc(CI)c(COc3ccc(C#N)c(C)c3)o2)cc1. The molecule has 3 aromatic rings. The van der Waals surface area contributed by atoms with Crippen molar-refractivity contribution in [3.63, 3.8) is 0 Å². The average Bonchev–Trinajstić information content (AvgIpc) is 3.10. The summed E-state index contributed by atoms with van der Waals surface area (Å²) in [5, 5.41) is 9.01. The first-order chi connectivity index (χ1) is 12.6. The van der Waals surface area contributed by atoms with Crippen LogP contribution in [-0.2, 0) is 11.0 Å². The summed E-state index contributed by atoms with van der Waals surface area (Å²) in [6, 6.07) is 15.1. The predicted molar refractivity (Wildman–Crippen MR) is 106 cm³/mol. The van der Waals surface area contributed by atoms with Crippen LogP contribution in [-0.4, -0.2) is 12.1 Å². The lowest BCUT2D eigenvalue weighted by Crippen LogP contribution is -1.97. The fourth-order valence-corrected chi connectivity index (χ4v) is 3.05. The molecule has 132 valence electrons. The van der Waals surface area contributed by atoms with Gasteiger partial charge in [-0.15, -0.1) is 0 Å². The summed E-state index contributed by atoms with van der Waals surface area (Å²) in [7, 11) is 1.63. The Labute approximate surface area is 165 Å². The minimum absolute atomic E-state index is 0.285. The Morgan fingerprint density at radius 3 is 2.50 bits per heavy atom. The van der Waals surface area contributed by atoms with Gasteiger partial charge in [0.1, 0.15) is 18.1 Å². The second-order valence-electron chi connectivity index (χ2n) is 5.63. The second-order valence-corrected chi connectivity index (χ2v) is 6.39. The van der Waals surface area contributed by atoms with Gasteiger partial charge in [0, 0.05) is 9.99 Å². The topological polar surface area (TPSA) is 68.3 Å². The molecule has 0 N–H and O–H groups in total. The summed E-state index contributed by atoms with van der Waals surface area (Å²) in [6.07, 6.45) is 0. The lowest BCUT2D eigenvalue weighted by atomic mass is 10.1. The number of ether oxygens (including phenoxy) is 2. The van der Waals surface area contributed by atoms with E-state index in [-0.39, 0.29) is 6.61 Å². The molecule has 0 bridgehead atoms. The number of oxazole rings is 1. The Morgan fingerprint density at radius 2 is 1.88 bits per heavy atom. The Morgan fingerprint density at radius 1 is 1.15 bits per heavy atom. The summed E-state index contributed by atoms with van der Waals surface area (Å²) in [5.74, 6) is 2.75. The molecule has 26 heavy (non-hydrogen) atoms. The molecule has 0 fully saturated rings. The van der Waals surface area contributed by atoms with Crippen molar-refractivity contribution in [2.24, 2.45) is 0 Å². The van der Waals surface area contributed by atoms with Crippen LogP contribution >= 0.6 is 22.6 Å². The highest BCUT2D eigenvalue weighted by Crippen LogP contribution is 2.26. The molecule has 0 aliphatic heterocycles.